The molecule has 0 atom stereocenters. The molecule has 2 nitrogen and oxygen atoms in total. The normalized spacial score (nSPS) is 11.5. The molecule has 0 N–H and O–H groups in total. The Balaban J connectivity index is 3.12. The van der Waals surface area contributed by atoms with E-state index in [1.54, 1.807) is 13.8 Å². The second-order valence-electron chi connectivity index (χ2n) is 4.56. The van der Waals surface area contributed by atoms with E-state index in [4.69, 9.17) is 11.6 Å². The summed E-state index contributed by atoms with van der Waals surface area (Å²) in [5.74, 6) is -4.85. The molecule has 1 rings (SSSR count). The summed E-state index contributed by atoms with van der Waals surface area (Å²) in [6, 6.07) is 1.34. The number of hydrogen-bond acceptors (Lipinski definition) is 1. The van der Waals surface area contributed by atoms with Crippen molar-refractivity contribution in [3.8, 4) is 0 Å². The lowest BCUT2D eigenvalue weighted by atomic mass is 10.0. The first-order valence-electron chi connectivity index (χ1n) is 5.19. The van der Waals surface area contributed by atoms with Crippen LogP contribution in [-0.2, 0) is 0 Å². The van der Waals surface area contributed by atoms with E-state index in [-0.39, 0.29) is 11.4 Å². The van der Waals surface area contributed by atoms with E-state index in [1.807, 2.05) is 0 Å². The fourth-order valence-corrected chi connectivity index (χ4v) is 1.42. The Kier molecular flexibility index (Phi) is 4.27. The van der Waals surface area contributed by atoms with Crippen molar-refractivity contribution in [3.63, 3.8) is 0 Å². The van der Waals surface area contributed by atoms with Crippen LogP contribution in [0.25, 0.3) is 0 Å². The Morgan fingerprint density at radius 3 is 2.11 bits per heavy atom. The van der Waals surface area contributed by atoms with Gasteiger partial charge in [0.1, 0.15) is 0 Å². The number of benzene rings is 1. The SMILES string of the molecule is CN(C(=O)c1cc(F)c(F)c(F)c1)C(C)(C)CCl. The highest BCUT2D eigenvalue weighted by Crippen LogP contribution is 2.20. The first kappa shape index (κ1) is 14.8. The van der Waals surface area contributed by atoms with Gasteiger partial charge in [-0.3, -0.25) is 4.79 Å². The maximum Gasteiger partial charge on any atom is 0.254 e. The van der Waals surface area contributed by atoms with Crippen LogP contribution in [0.3, 0.4) is 0 Å². The number of hydrogen-bond donors (Lipinski definition) is 0. The lowest BCUT2D eigenvalue weighted by Gasteiger charge is -2.34. The molecule has 0 bridgehead atoms. The van der Waals surface area contributed by atoms with E-state index in [1.165, 1.54) is 11.9 Å². The van der Waals surface area contributed by atoms with Crippen molar-refractivity contribution < 1.29 is 18.0 Å². The van der Waals surface area contributed by atoms with Crippen LogP contribution >= 0.6 is 11.6 Å². The second kappa shape index (κ2) is 5.18. The van der Waals surface area contributed by atoms with Gasteiger partial charge in [0, 0.05) is 18.5 Å². The van der Waals surface area contributed by atoms with E-state index >= 15 is 0 Å². The first-order chi connectivity index (χ1) is 8.20. The topological polar surface area (TPSA) is 20.3 Å². The molecule has 1 amide bonds. The highest BCUT2D eigenvalue weighted by Gasteiger charge is 2.28. The molecule has 1 aromatic carbocycles. The van der Waals surface area contributed by atoms with Crippen molar-refractivity contribution in [2.24, 2.45) is 0 Å². The molecule has 0 unspecified atom stereocenters. The molecule has 0 aliphatic heterocycles. The van der Waals surface area contributed by atoms with E-state index in [2.05, 4.69) is 0 Å². The smallest absolute Gasteiger partial charge is 0.254 e. The Morgan fingerprint density at radius 2 is 1.72 bits per heavy atom. The van der Waals surface area contributed by atoms with E-state index in [0.29, 0.717) is 12.1 Å². The van der Waals surface area contributed by atoms with Gasteiger partial charge in [-0.2, -0.15) is 0 Å². The lowest BCUT2D eigenvalue weighted by Crippen LogP contribution is -2.46. The number of alkyl halides is 1. The third-order valence-corrected chi connectivity index (χ3v) is 3.42. The van der Waals surface area contributed by atoms with Crippen molar-refractivity contribution in [2.75, 3.05) is 12.9 Å². The third kappa shape index (κ3) is 2.77. The van der Waals surface area contributed by atoms with Crippen molar-refractivity contribution in [3.05, 3.63) is 35.1 Å². The maximum atomic E-state index is 13.0. The number of amides is 1. The number of nitrogens with zero attached hydrogens (tertiary/aromatic N) is 1. The number of carbonyl (C=O) groups is 1. The van der Waals surface area contributed by atoms with Crippen LogP contribution in [0, 0.1) is 17.5 Å². The molecule has 0 aliphatic carbocycles. The zero-order valence-corrected chi connectivity index (χ0v) is 11.0. The highest BCUT2D eigenvalue weighted by atomic mass is 35.5. The van der Waals surface area contributed by atoms with Gasteiger partial charge in [0.05, 0.1) is 5.54 Å². The zero-order chi connectivity index (χ0) is 14.1. The van der Waals surface area contributed by atoms with E-state index in [9.17, 15) is 18.0 Å². The molecular formula is C12H13ClF3NO. The van der Waals surface area contributed by atoms with Crippen molar-refractivity contribution >= 4 is 17.5 Å². The standard InChI is InChI=1S/C12H13ClF3NO/c1-12(2,6-13)17(3)11(18)7-4-8(14)10(16)9(15)5-7/h4-5H,6H2,1-3H3. The van der Waals surface area contributed by atoms with Crippen LogP contribution in [0.4, 0.5) is 13.2 Å². The summed E-state index contributed by atoms with van der Waals surface area (Å²) in [5.41, 5.74) is -0.938. The van der Waals surface area contributed by atoms with Gasteiger partial charge in [-0.1, -0.05) is 0 Å². The van der Waals surface area contributed by atoms with E-state index < -0.39 is 28.9 Å². The highest BCUT2D eigenvalue weighted by molar-refractivity contribution is 6.18. The quantitative estimate of drug-likeness (QED) is 0.615. The summed E-state index contributed by atoms with van der Waals surface area (Å²) in [5, 5.41) is 0. The van der Waals surface area contributed by atoms with Crippen molar-refractivity contribution in [1.29, 1.82) is 0 Å². The zero-order valence-electron chi connectivity index (χ0n) is 10.2. The lowest BCUT2D eigenvalue weighted by molar-refractivity contribution is 0.0659. The molecule has 0 heterocycles. The minimum Gasteiger partial charge on any atom is -0.335 e. The summed E-state index contributed by atoms with van der Waals surface area (Å²) in [6.07, 6.45) is 0. The minimum absolute atomic E-state index is 0.154. The Labute approximate surface area is 108 Å². The maximum absolute atomic E-state index is 13.0. The van der Waals surface area contributed by atoms with Gasteiger partial charge in [0.2, 0.25) is 0 Å². The van der Waals surface area contributed by atoms with Gasteiger partial charge in [0.15, 0.2) is 17.5 Å². The van der Waals surface area contributed by atoms with Gasteiger partial charge < -0.3 is 4.90 Å². The Bertz CT molecular complexity index is 453. The van der Waals surface area contributed by atoms with Gasteiger partial charge in [-0.25, -0.2) is 13.2 Å². The van der Waals surface area contributed by atoms with Crippen LogP contribution < -0.4 is 0 Å². The molecule has 0 aliphatic rings. The summed E-state index contributed by atoms with van der Waals surface area (Å²) >= 11 is 5.71. The molecule has 0 spiro atoms. The van der Waals surface area contributed by atoms with Crippen LogP contribution in [0.15, 0.2) is 12.1 Å². The van der Waals surface area contributed by atoms with Gasteiger partial charge in [-0.05, 0) is 26.0 Å². The molecule has 1 aromatic rings. The molecule has 100 valence electrons. The van der Waals surface area contributed by atoms with Gasteiger partial charge in [0.25, 0.3) is 5.91 Å². The summed E-state index contributed by atoms with van der Waals surface area (Å²) in [6.45, 7) is 3.41. The Morgan fingerprint density at radius 1 is 1.28 bits per heavy atom. The molecule has 0 saturated carbocycles. The number of carbonyl (C=O) groups excluding carboxylic acids is 1. The summed E-state index contributed by atoms with van der Waals surface area (Å²) in [7, 11) is 1.46. The van der Waals surface area contributed by atoms with Crippen LogP contribution in [0.5, 0.6) is 0 Å². The molecule has 6 heteroatoms. The first-order valence-corrected chi connectivity index (χ1v) is 5.73. The van der Waals surface area contributed by atoms with Gasteiger partial charge >= 0.3 is 0 Å². The number of halogens is 4. The van der Waals surface area contributed by atoms with E-state index in [0.717, 1.165) is 0 Å². The van der Waals surface area contributed by atoms with Crippen molar-refractivity contribution in [2.45, 2.75) is 19.4 Å². The average Bonchev–Trinajstić information content (AvgIpc) is 2.33. The van der Waals surface area contributed by atoms with Gasteiger partial charge in [-0.15, -0.1) is 11.6 Å². The molecular weight excluding hydrogens is 267 g/mol. The monoisotopic (exact) mass is 279 g/mol. The van der Waals surface area contributed by atoms with Crippen molar-refractivity contribution in [1.82, 2.24) is 4.90 Å². The van der Waals surface area contributed by atoms with Crippen LogP contribution in [0.2, 0.25) is 0 Å². The summed E-state index contributed by atoms with van der Waals surface area (Å²) in [4.78, 5) is 13.2. The molecule has 0 aromatic heterocycles. The predicted octanol–water partition coefficient (Wildman–Crippen LogP) is 3.19. The average molecular weight is 280 g/mol. The summed E-state index contributed by atoms with van der Waals surface area (Å²) < 4.78 is 38.8. The predicted molar refractivity (Wildman–Crippen MR) is 63.2 cm³/mol. The molecule has 0 fully saturated rings. The molecule has 0 radical (unpaired) electrons. The molecule has 18 heavy (non-hydrogen) atoms. The fourth-order valence-electron chi connectivity index (χ4n) is 1.24. The minimum atomic E-state index is -1.59. The Hall–Kier alpha value is -1.23. The third-order valence-electron chi connectivity index (χ3n) is 2.77. The van der Waals surface area contributed by atoms with Crippen LogP contribution in [0.1, 0.15) is 24.2 Å². The molecule has 0 saturated heterocycles. The van der Waals surface area contributed by atoms with Crippen LogP contribution in [-0.4, -0.2) is 29.3 Å². The second-order valence-corrected chi connectivity index (χ2v) is 4.83. The number of rotatable bonds is 3. The largest absolute Gasteiger partial charge is 0.335 e. The fraction of sp³-hybridized carbons (Fsp3) is 0.417.